The van der Waals surface area contributed by atoms with Crippen LogP contribution in [0.15, 0.2) is 55.1 Å². The molecule has 0 fully saturated rings. The minimum Gasteiger partial charge on any atom is -0.307 e. The predicted octanol–water partition coefficient (Wildman–Crippen LogP) is 3.50. The van der Waals surface area contributed by atoms with E-state index in [2.05, 4.69) is 61.3 Å². The maximum Gasteiger partial charge on any atom is 0.0222 e. The molecule has 82 valence electrons. The van der Waals surface area contributed by atoms with Gasteiger partial charge in [-0.15, -0.1) is 6.58 Å². The van der Waals surface area contributed by atoms with E-state index in [0.29, 0.717) is 6.04 Å². The fraction of sp³-hybridized carbons (Fsp3) is 0.200. The second kappa shape index (κ2) is 4.95. The summed E-state index contributed by atoms with van der Waals surface area (Å²) in [5, 5.41) is 5.99. The maximum absolute atomic E-state index is 3.76. The second-order valence-corrected chi connectivity index (χ2v) is 4.09. The summed E-state index contributed by atoms with van der Waals surface area (Å²) in [6.07, 6.45) is 1.92. The number of benzene rings is 2. The van der Waals surface area contributed by atoms with E-state index in [-0.39, 0.29) is 0 Å². The number of hydrogen-bond acceptors (Lipinski definition) is 1. The van der Waals surface area contributed by atoms with E-state index in [0.717, 1.165) is 6.54 Å². The molecule has 1 atom stereocenters. The van der Waals surface area contributed by atoms with Gasteiger partial charge in [-0.1, -0.05) is 42.5 Å². The van der Waals surface area contributed by atoms with Crippen molar-refractivity contribution in [2.45, 2.75) is 19.5 Å². The van der Waals surface area contributed by atoms with Gasteiger partial charge in [0, 0.05) is 12.6 Å². The molecular weight excluding hydrogens is 194 g/mol. The monoisotopic (exact) mass is 211 g/mol. The van der Waals surface area contributed by atoms with E-state index in [1.54, 1.807) is 0 Å². The molecule has 0 unspecified atom stereocenters. The Morgan fingerprint density at radius 1 is 1.19 bits per heavy atom. The molecule has 0 spiro atoms. The average Bonchev–Trinajstić information content (AvgIpc) is 2.35. The molecule has 0 saturated heterocycles. The van der Waals surface area contributed by atoms with Crippen LogP contribution >= 0.6 is 0 Å². The molecule has 0 aliphatic heterocycles. The molecule has 16 heavy (non-hydrogen) atoms. The predicted molar refractivity (Wildman–Crippen MR) is 70.4 cm³/mol. The van der Waals surface area contributed by atoms with Crippen molar-refractivity contribution in [3.8, 4) is 0 Å². The largest absolute Gasteiger partial charge is 0.307 e. The average molecular weight is 211 g/mol. The maximum atomic E-state index is 3.76. The molecule has 0 aromatic heterocycles. The van der Waals surface area contributed by atoms with Gasteiger partial charge < -0.3 is 5.32 Å². The van der Waals surface area contributed by atoms with Crippen LogP contribution in [0.5, 0.6) is 0 Å². The lowest BCUT2D eigenvalue weighted by atomic mass is 10.1. The Labute approximate surface area is 96.8 Å². The third kappa shape index (κ3) is 2.50. The molecule has 1 heteroatoms. The summed E-state index contributed by atoms with van der Waals surface area (Å²) >= 11 is 0. The summed E-state index contributed by atoms with van der Waals surface area (Å²) in [7, 11) is 0. The molecule has 0 aliphatic carbocycles. The van der Waals surface area contributed by atoms with Crippen molar-refractivity contribution in [3.63, 3.8) is 0 Å². The summed E-state index contributed by atoms with van der Waals surface area (Å²) in [6.45, 7) is 6.75. The van der Waals surface area contributed by atoms with E-state index in [9.17, 15) is 0 Å². The van der Waals surface area contributed by atoms with Gasteiger partial charge in [-0.05, 0) is 29.3 Å². The fourth-order valence-corrected chi connectivity index (χ4v) is 1.71. The lowest BCUT2D eigenvalue weighted by Gasteiger charge is -2.09. The number of fused-ring (bicyclic) bond motifs is 1. The Bertz CT molecular complexity index is 488. The highest BCUT2D eigenvalue weighted by Gasteiger charge is 1.98. The van der Waals surface area contributed by atoms with Crippen LogP contribution in [-0.4, -0.2) is 6.04 Å². The summed E-state index contributed by atoms with van der Waals surface area (Å²) in [5.41, 5.74) is 1.31. The van der Waals surface area contributed by atoms with Crippen LogP contribution < -0.4 is 5.32 Å². The third-order valence-corrected chi connectivity index (χ3v) is 2.80. The highest BCUT2D eigenvalue weighted by Crippen LogP contribution is 2.15. The quantitative estimate of drug-likeness (QED) is 0.763. The van der Waals surface area contributed by atoms with Crippen molar-refractivity contribution in [1.29, 1.82) is 0 Å². The molecule has 0 heterocycles. The summed E-state index contributed by atoms with van der Waals surface area (Å²) < 4.78 is 0. The van der Waals surface area contributed by atoms with Crippen molar-refractivity contribution in [2.24, 2.45) is 0 Å². The first-order valence-electron chi connectivity index (χ1n) is 5.63. The van der Waals surface area contributed by atoms with E-state index in [1.165, 1.54) is 16.3 Å². The Balaban J connectivity index is 2.16. The normalized spacial score (nSPS) is 12.6. The van der Waals surface area contributed by atoms with Gasteiger partial charge in [-0.2, -0.15) is 0 Å². The van der Waals surface area contributed by atoms with Gasteiger partial charge in [0.05, 0.1) is 0 Å². The lowest BCUT2D eigenvalue weighted by Crippen LogP contribution is -2.22. The van der Waals surface area contributed by atoms with Crippen molar-refractivity contribution in [3.05, 3.63) is 60.7 Å². The Hall–Kier alpha value is -1.60. The fourth-order valence-electron chi connectivity index (χ4n) is 1.71. The van der Waals surface area contributed by atoms with Gasteiger partial charge in [-0.3, -0.25) is 0 Å². The van der Waals surface area contributed by atoms with Gasteiger partial charge >= 0.3 is 0 Å². The van der Waals surface area contributed by atoms with E-state index >= 15 is 0 Å². The Kier molecular flexibility index (Phi) is 3.37. The van der Waals surface area contributed by atoms with Gasteiger partial charge in [0.25, 0.3) is 0 Å². The first-order chi connectivity index (χ1) is 7.79. The van der Waals surface area contributed by atoms with E-state index in [1.807, 2.05) is 6.08 Å². The first-order valence-corrected chi connectivity index (χ1v) is 5.63. The van der Waals surface area contributed by atoms with Crippen LogP contribution in [0.3, 0.4) is 0 Å². The molecule has 0 radical (unpaired) electrons. The molecule has 0 aliphatic rings. The van der Waals surface area contributed by atoms with Crippen LogP contribution in [0, 0.1) is 0 Å². The minimum atomic E-state index is 0.353. The highest BCUT2D eigenvalue weighted by molar-refractivity contribution is 5.82. The Morgan fingerprint density at radius 2 is 1.94 bits per heavy atom. The molecular formula is C15H17N. The minimum absolute atomic E-state index is 0.353. The molecule has 2 aromatic carbocycles. The number of rotatable bonds is 4. The van der Waals surface area contributed by atoms with Gasteiger partial charge in [0.1, 0.15) is 0 Å². The van der Waals surface area contributed by atoms with Crippen molar-refractivity contribution >= 4 is 10.8 Å². The molecule has 0 saturated carbocycles. The number of nitrogens with one attached hydrogen (secondary N) is 1. The van der Waals surface area contributed by atoms with E-state index < -0.39 is 0 Å². The number of hydrogen-bond donors (Lipinski definition) is 1. The Morgan fingerprint density at radius 3 is 2.69 bits per heavy atom. The molecule has 2 aromatic rings. The van der Waals surface area contributed by atoms with Crippen LogP contribution in [0.2, 0.25) is 0 Å². The van der Waals surface area contributed by atoms with Crippen molar-refractivity contribution in [1.82, 2.24) is 5.32 Å². The zero-order valence-electron chi connectivity index (χ0n) is 9.61. The standard InChI is InChI=1S/C15H17N/c1-3-12(2)16-11-13-8-9-14-6-4-5-7-15(14)10-13/h3-10,12,16H,1,11H2,2H3/t12-/m1/s1. The highest BCUT2D eigenvalue weighted by atomic mass is 14.9. The topological polar surface area (TPSA) is 12.0 Å². The van der Waals surface area contributed by atoms with Crippen molar-refractivity contribution in [2.75, 3.05) is 0 Å². The second-order valence-electron chi connectivity index (χ2n) is 4.09. The summed E-state index contributed by atoms with van der Waals surface area (Å²) in [6, 6.07) is 15.4. The smallest absolute Gasteiger partial charge is 0.0222 e. The summed E-state index contributed by atoms with van der Waals surface area (Å²) in [4.78, 5) is 0. The molecule has 1 nitrogen and oxygen atoms in total. The molecule has 0 bridgehead atoms. The molecule has 2 rings (SSSR count). The van der Waals surface area contributed by atoms with E-state index in [4.69, 9.17) is 0 Å². The van der Waals surface area contributed by atoms with Crippen LogP contribution in [0.1, 0.15) is 12.5 Å². The van der Waals surface area contributed by atoms with Gasteiger partial charge in [0.2, 0.25) is 0 Å². The summed E-state index contributed by atoms with van der Waals surface area (Å²) in [5.74, 6) is 0. The van der Waals surface area contributed by atoms with Crippen LogP contribution in [0.25, 0.3) is 10.8 Å². The van der Waals surface area contributed by atoms with Crippen LogP contribution in [0.4, 0.5) is 0 Å². The van der Waals surface area contributed by atoms with Gasteiger partial charge in [0.15, 0.2) is 0 Å². The van der Waals surface area contributed by atoms with Gasteiger partial charge in [-0.25, -0.2) is 0 Å². The lowest BCUT2D eigenvalue weighted by molar-refractivity contribution is 0.634. The zero-order valence-corrected chi connectivity index (χ0v) is 9.61. The third-order valence-electron chi connectivity index (χ3n) is 2.80. The molecule has 0 amide bonds. The first kappa shape index (κ1) is 10.9. The zero-order chi connectivity index (χ0) is 11.4. The van der Waals surface area contributed by atoms with Crippen molar-refractivity contribution < 1.29 is 0 Å². The van der Waals surface area contributed by atoms with Crippen LogP contribution in [-0.2, 0) is 6.54 Å². The molecule has 1 N–H and O–H groups in total. The SMILES string of the molecule is C=C[C@@H](C)NCc1ccc2ccccc2c1.